The number of aliphatic carboxylic acids is 1. The van der Waals surface area contributed by atoms with E-state index in [1.807, 2.05) is 12.1 Å². The molecule has 0 spiro atoms. The summed E-state index contributed by atoms with van der Waals surface area (Å²) in [5, 5.41) is 21.8. The van der Waals surface area contributed by atoms with E-state index in [-0.39, 0.29) is 23.6 Å². The molecule has 0 fully saturated rings. The molecule has 7 N–H and O–H groups in total. The van der Waals surface area contributed by atoms with Crippen LogP contribution in [0.15, 0.2) is 65.8 Å². The van der Waals surface area contributed by atoms with Gasteiger partial charge < -0.3 is 31.0 Å². The van der Waals surface area contributed by atoms with E-state index in [0.717, 1.165) is 16.9 Å². The van der Waals surface area contributed by atoms with Crippen LogP contribution in [-0.2, 0) is 28.9 Å². The molecular formula is C25H25N5O6S. The van der Waals surface area contributed by atoms with Gasteiger partial charge in [-0.05, 0) is 35.4 Å². The maximum absolute atomic E-state index is 12.4. The minimum atomic E-state index is -1.16. The zero-order valence-electron chi connectivity index (χ0n) is 19.5. The lowest BCUT2D eigenvalue weighted by Gasteiger charge is -2.18. The van der Waals surface area contributed by atoms with Gasteiger partial charge in [0.15, 0.2) is 0 Å². The maximum atomic E-state index is 12.4. The smallest absolute Gasteiger partial charge is 0.326 e. The second-order valence-corrected chi connectivity index (χ2v) is 9.41. The number of thiazole rings is 1. The summed E-state index contributed by atoms with van der Waals surface area (Å²) in [4.78, 5) is 44.8. The largest absolute Gasteiger partial charge is 0.494 e. The fourth-order valence-electron chi connectivity index (χ4n) is 3.60. The van der Waals surface area contributed by atoms with Gasteiger partial charge in [0.05, 0.1) is 17.2 Å². The number of imidazole rings is 1. The number of aromatic hydroxyl groups is 1. The molecule has 2 unspecified atom stereocenters. The molecule has 0 aliphatic carbocycles. The summed E-state index contributed by atoms with van der Waals surface area (Å²) in [6.45, 7) is 0. The fraction of sp³-hybridized carbons (Fsp3) is 0.200. The number of carboxylic acid groups (broad SMARTS) is 1. The number of ether oxygens (including phenoxy) is 1. The fourth-order valence-corrected chi connectivity index (χ4v) is 4.36. The predicted molar refractivity (Wildman–Crippen MR) is 136 cm³/mol. The van der Waals surface area contributed by atoms with Crippen LogP contribution >= 0.6 is 11.3 Å². The normalized spacial score (nSPS) is 12.6. The van der Waals surface area contributed by atoms with Crippen LogP contribution in [-0.4, -0.2) is 49.1 Å². The quantitative estimate of drug-likeness (QED) is 0.172. The van der Waals surface area contributed by atoms with Gasteiger partial charge in [-0.2, -0.15) is 0 Å². The van der Waals surface area contributed by atoms with Gasteiger partial charge in [0.1, 0.15) is 17.5 Å². The number of aromatic nitrogens is 3. The average molecular weight is 524 g/mol. The minimum absolute atomic E-state index is 0.0743. The van der Waals surface area contributed by atoms with Crippen LogP contribution in [0.5, 0.6) is 17.4 Å². The summed E-state index contributed by atoms with van der Waals surface area (Å²) in [5.74, 6) is -0.702. The van der Waals surface area contributed by atoms with E-state index < -0.39 is 24.0 Å². The number of H-pyrrole nitrogens is 2. The number of nitrogens with two attached hydrogens (primary N) is 1. The number of rotatable bonds is 11. The first-order chi connectivity index (χ1) is 17.8. The zero-order chi connectivity index (χ0) is 26.4. The molecule has 37 heavy (non-hydrogen) atoms. The van der Waals surface area contributed by atoms with Crippen LogP contribution < -0.4 is 20.7 Å². The van der Waals surface area contributed by atoms with Crippen molar-refractivity contribution in [3.63, 3.8) is 0 Å². The van der Waals surface area contributed by atoms with E-state index in [9.17, 15) is 24.6 Å². The predicted octanol–water partition coefficient (Wildman–Crippen LogP) is 1.93. The second-order valence-electron chi connectivity index (χ2n) is 8.34. The topological polar surface area (TPSA) is 183 Å². The van der Waals surface area contributed by atoms with E-state index in [1.165, 1.54) is 6.33 Å². The number of carbonyl (C=O) groups excluding carboxylic acids is 1. The number of amides is 1. The van der Waals surface area contributed by atoms with Crippen LogP contribution in [0.2, 0.25) is 0 Å². The first-order valence-electron chi connectivity index (χ1n) is 11.3. The molecule has 0 aliphatic rings. The summed E-state index contributed by atoms with van der Waals surface area (Å²) in [6, 6.07) is 12.1. The van der Waals surface area contributed by atoms with Crippen molar-refractivity contribution in [3.05, 3.63) is 92.4 Å². The second kappa shape index (κ2) is 11.5. The molecule has 4 aromatic rings. The van der Waals surface area contributed by atoms with Crippen molar-refractivity contribution in [2.45, 2.75) is 31.3 Å². The molecule has 1 amide bonds. The van der Waals surface area contributed by atoms with E-state index in [4.69, 9.17) is 10.5 Å². The van der Waals surface area contributed by atoms with Crippen molar-refractivity contribution < 1.29 is 24.5 Å². The molecule has 12 heteroatoms. The van der Waals surface area contributed by atoms with Crippen molar-refractivity contribution >= 4 is 23.2 Å². The van der Waals surface area contributed by atoms with Gasteiger partial charge in [0, 0.05) is 31.2 Å². The Kier molecular flexibility index (Phi) is 8.01. The van der Waals surface area contributed by atoms with Gasteiger partial charge >= 0.3 is 10.8 Å². The van der Waals surface area contributed by atoms with Crippen molar-refractivity contribution in [2.24, 2.45) is 5.73 Å². The number of benzene rings is 2. The van der Waals surface area contributed by atoms with Crippen LogP contribution in [0.3, 0.4) is 0 Å². The van der Waals surface area contributed by atoms with Crippen LogP contribution in [0.4, 0.5) is 0 Å². The highest BCUT2D eigenvalue weighted by Gasteiger charge is 2.24. The lowest BCUT2D eigenvalue weighted by Crippen LogP contribution is -2.50. The van der Waals surface area contributed by atoms with Gasteiger partial charge in [0.25, 0.3) is 0 Å². The summed E-state index contributed by atoms with van der Waals surface area (Å²) < 4.78 is 5.85. The standard InChI is InChI=1S/C25H25N5O6S/c26-19(11-16-12-27-13-28-16)22(31)29-20(24(33)34)9-14-1-5-17(6-2-14)36-18-7-3-15(4-8-18)10-21-23(32)30-25(35)37-21/h1-8,12-13,19-20,32H,9-11,26H2,(H,27,28)(H,29,31)(H,30,35)(H,33,34). The van der Waals surface area contributed by atoms with Crippen molar-refractivity contribution in [1.82, 2.24) is 20.3 Å². The van der Waals surface area contributed by atoms with Crippen LogP contribution in [0, 0.1) is 0 Å². The average Bonchev–Trinajstić information content (AvgIpc) is 3.49. The Labute approximate surface area is 215 Å². The molecule has 4 rings (SSSR count). The summed E-state index contributed by atoms with van der Waals surface area (Å²) >= 11 is 0.966. The van der Waals surface area contributed by atoms with Gasteiger partial charge in [-0.1, -0.05) is 35.6 Å². The molecule has 11 nitrogen and oxygen atoms in total. The third kappa shape index (κ3) is 7.06. The maximum Gasteiger partial charge on any atom is 0.326 e. The third-order valence-electron chi connectivity index (χ3n) is 5.53. The Hall–Kier alpha value is -4.42. The molecule has 2 heterocycles. The Morgan fingerprint density at radius 1 is 1.05 bits per heavy atom. The molecule has 192 valence electrons. The van der Waals surface area contributed by atoms with E-state index >= 15 is 0 Å². The highest BCUT2D eigenvalue weighted by molar-refractivity contribution is 7.09. The number of hydrogen-bond acceptors (Lipinski definition) is 8. The molecule has 0 saturated carbocycles. The minimum Gasteiger partial charge on any atom is -0.494 e. The number of aromatic amines is 2. The van der Waals surface area contributed by atoms with Crippen molar-refractivity contribution in [2.75, 3.05) is 0 Å². The van der Waals surface area contributed by atoms with Crippen LogP contribution in [0.25, 0.3) is 0 Å². The lowest BCUT2D eigenvalue weighted by atomic mass is 10.0. The Morgan fingerprint density at radius 2 is 1.70 bits per heavy atom. The number of nitrogens with one attached hydrogen (secondary N) is 3. The number of carboxylic acids is 1. The first kappa shape index (κ1) is 25.7. The molecule has 0 aliphatic heterocycles. The molecule has 0 bridgehead atoms. The molecular weight excluding hydrogens is 498 g/mol. The van der Waals surface area contributed by atoms with Gasteiger partial charge in [-0.15, -0.1) is 0 Å². The van der Waals surface area contributed by atoms with Crippen LogP contribution in [0.1, 0.15) is 21.7 Å². The Bertz CT molecular complexity index is 1400. The highest BCUT2D eigenvalue weighted by atomic mass is 32.1. The van der Waals surface area contributed by atoms with E-state index in [2.05, 4.69) is 20.3 Å². The SMILES string of the molecule is NC(Cc1cnc[nH]1)C(=O)NC(Cc1ccc(Oc2ccc(Cc3sc(=O)[nH]c3O)cc2)cc1)C(=O)O. The summed E-state index contributed by atoms with van der Waals surface area (Å²) in [5.41, 5.74) is 8.18. The number of carbonyl (C=O) groups is 2. The number of hydrogen-bond donors (Lipinski definition) is 6. The lowest BCUT2D eigenvalue weighted by molar-refractivity contribution is -0.141. The third-order valence-corrected chi connectivity index (χ3v) is 6.40. The van der Waals surface area contributed by atoms with Gasteiger partial charge in [-0.25, -0.2) is 9.78 Å². The first-order valence-corrected chi connectivity index (χ1v) is 12.1. The van der Waals surface area contributed by atoms with Gasteiger partial charge in [0.2, 0.25) is 11.8 Å². The Balaban J connectivity index is 1.32. The summed E-state index contributed by atoms with van der Waals surface area (Å²) in [6.07, 6.45) is 3.73. The number of nitrogens with zero attached hydrogens (tertiary/aromatic N) is 1. The monoisotopic (exact) mass is 523 g/mol. The van der Waals surface area contributed by atoms with E-state index in [1.54, 1.807) is 42.6 Å². The molecule has 0 radical (unpaired) electrons. The van der Waals surface area contributed by atoms with Crippen molar-refractivity contribution in [3.8, 4) is 17.4 Å². The summed E-state index contributed by atoms with van der Waals surface area (Å²) in [7, 11) is 0. The molecule has 0 saturated heterocycles. The molecule has 2 aromatic heterocycles. The zero-order valence-corrected chi connectivity index (χ0v) is 20.3. The highest BCUT2D eigenvalue weighted by Crippen LogP contribution is 2.25. The molecule has 2 aromatic carbocycles. The van der Waals surface area contributed by atoms with Crippen molar-refractivity contribution in [1.29, 1.82) is 0 Å². The molecule has 2 atom stereocenters. The van der Waals surface area contributed by atoms with E-state index in [0.29, 0.717) is 34.1 Å². The Morgan fingerprint density at radius 3 is 2.24 bits per heavy atom. The van der Waals surface area contributed by atoms with Gasteiger partial charge in [-0.3, -0.25) is 14.6 Å².